The maximum atomic E-state index is 10.5. The summed E-state index contributed by atoms with van der Waals surface area (Å²) in [4.78, 5) is 12.4. The van der Waals surface area contributed by atoms with Crippen LogP contribution in [0.5, 0.6) is 0 Å². The Hall–Kier alpha value is -1.23. The SMILES string of the molecule is CC(CO)N(CC=O)Cc1ccccc1.COC(C)(C)C. The van der Waals surface area contributed by atoms with Crippen LogP contribution < -0.4 is 0 Å². The van der Waals surface area contributed by atoms with E-state index >= 15 is 0 Å². The van der Waals surface area contributed by atoms with Crippen molar-refractivity contribution in [3.63, 3.8) is 0 Å². The highest BCUT2D eigenvalue weighted by Gasteiger charge is 2.12. The van der Waals surface area contributed by atoms with E-state index in [0.717, 1.165) is 11.8 Å². The molecular weight excluding hydrogens is 266 g/mol. The summed E-state index contributed by atoms with van der Waals surface area (Å²) in [6, 6.07) is 9.94. The number of methoxy groups -OCH3 is 1. The zero-order valence-corrected chi connectivity index (χ0v) is 13.9. The highest BCUT2D eigenvalue weighted by Crippen LogP contribution is 2.07. The topological polar surface area (TPSA) is 49.8 Å². The molecule has 0 amide bonds. The fraction of sp³-hybridized carbons (Fsp3) is 0.588. The van der Waals surface area contributed by atoms with Crippen LogP contribution in [-0.4, -0.2) is 48.2 Å². The van der Waals surface area contributed by atoms with E-state index in [1.54, 1.807) is 7.11 Å². The molecule has 0 heterocycles. The first-order chi connectivity index (χ1) is 9.84. The number of ether oxygens (including phenoxy) is 1. The van der Waals surface area contributed by atoms with Crippen molar-refractivity contribution in [1.29, 1.82) is 0 Å². The van der Waals surface area contributed by atoms with Crippen LogP contribution in [0.3, 0.4) is 0 Å². The van der Waals surface area contributed by atoms with E-state index in [1.807, 2.05) is 62.9 Å². The molecule has 0 saturated carbocycles. The molecule has 0 aliphatic heterocycles. The summed E-state index contributed by atoms with van der Waals surface area (Å²) >= 11 is 0. The van der Waals surface area contributed by atoms with E-state index < -0.39 is 0 Å². The van der Waals surface area contributed by atoms with Gasteiger partial charge in [0.1, 0.15) is 6.29 Å². The Morgan fingerprint density at radius 3 is 2.19 bits per heavy atom. The Morgan fingerprint density at radius 2 is 1.81 bits per heavy atom. The van der Waals surface area contributed by atoms with Gasteiger partial charge in [0.25, 0.3) is 0 Å². The average molecular weight is 295 g/mol. The Kier molecular flexibility index (Phi) is 9.88. The standard InChI is InChI=1S/C12H17NO2.C5H12O/c1-11(10-15)13(7-8-14)9-12-5-3-2-4-6-12;1-5(2,3)6-4/h2-6,8,11,15H,7,9-10H2,1H3;1-4H3. The predicted molar refractivity (Wildman–Crippen MR) is 86.2 cm³/mol. The van der Waals surface area contributed by atoms with Gasteiger partial charge in [-0.05, 0) is 33.3 Å². The normalized spacial score (nSPS) is 12.5. The van der Waals surface area contributed by atoms with Crippen molar-refractivity contribution in [2.45, 2.75) is 45.9 Å². The van der Waals surface area contributed by atoms with Crippen LogP contribution >= 0.6 is 0 Å². The van der Waals surface area contributed by atoms with Crippen LogP contribution in [-0.2, 0) is 16.1 Å². The number of carbonyl (C=O) groups excluding carboxylic acids is 1. The summed E-state index contributed by atoms with van der Waals surface area (Å²) in [5.41, 5.74) is 1.19. The maximum absolute atomic E-state index is 10.5. The van der Waals surface area contributed by atoms with Gasteiger partial charge in [-0.2, -0.15) is 0 Å². The summed E-state index contributed by atoms with van der Waals surface area (Å²) in [7, 11) is 1.71. The van der Waals surface area contributed by atoms with Gasteiger partial charge in [0, 0.05) is 19.7 Å². The molecule has 4 heteroatoms. The van der Waals surface area contributed by atoms with Gasteiger partial charge in [0.2, 0.25) is 0 Å². The van der Waals surface area contributed by atoms with E-state index in [1.165, 1.54) is 0 Å². The van der Waals surface area contributed by atoms with Gasteiger partial charge in [-0.1, -0.05) is 30.3 Å². The van der Waals surface area contributed by atoms with Crippen LogP contribution in [0.2, 0.25) is 0 Å². The number of aldehydes is 1. The van der Waals surface area contributed by atoms with E-state index in [0.29, 0.717) is 13.1 Å². The zero-order valence-electron chi connectivity index (χ0n) is 13.9. The molecule has 0 radical (unpaired) electrons. The summed E-state index contributed by atoms with van der Waals surface area (Å²) < 4.78 is 4.94. The average Bonchev–Trinajstić information content (AvgIpc) is 2.47. The number of aliphatic hydroxyl groups excluding tert-OH is 1. The molecule has 120 valence electrons. The Bertz CT molecular complexity index is 373. The van der Waals surface area contributed by atoms with E-state index in [-0.39, 0.29) is 18.2 Å². The fourth-order valence-electron chi connectivity index (χ4n) is 1.43. The molecule has 1 aromatic rings. The number of aliphatic hydroxyl groups is 1. The molecular formula is C17H29NO3. The molecule has 1 rings (SSSR count). The Morgan fingerprint density at radius 1 is 1.29 bits per heavy atom. The third kappa shape index (κ3) is 10.2. The maximum Gasteiger partial charge on any atom is 0.134 e. The number of rotatable bonds is 6. The van der Waals surface area contributed by atoms with Crippen LogP contribution in [0.25, 0.3) is 0 Å². The number of hydrogen-bond acceptors (Lipinski definition) is 4. The summed E-state index contributed by atoms with van der Waals surface area (Å²) in [6.07, 6.45) is 0.870. The fourth-order valence-corrected chi connectivity index (χ4v) is 1.43. The van der Waals surface area contributed by atoms with Gasteiger partial charge in [-0.15, -0.1) is 0 Å². The third-order valence-electron chi connectivity index (χ3n) is 3.04. The molecule has 4 nitrogen and oxygen atoms in total. The quantitative estimate of drug-likeness (QED) is 0.819. The van der Waals surface area contributed by atoms with E-state index in [2.05, 4.69) is 0 Å². The van der Waals surface area contributed by atoms with Crippen LogP contribution in [0, 0.1) is 0 Å². The summed E-state index contributed by atoms with van der Waals surface area (Å²) in [6.45, 7) is 9.10. The lowest BCUT2D eigenvalue weighted by atomic mass is 10.2. The lowest BCUT2D eigenvalue weighted by molar-refractivity contribution is -0.109. The molecule has 0 bridgehead atoms. The summed E-state index contributed by atoms with van der Waals surface area (Å²) in [5.74, 6) is 0. The second-order valence-electron chi connectivity index (χ2n) is 5.93. The minimum atomic E-state index is 0.00964. The van der Waals surface area contributed by atoms with Gasteiger partial charge in [-0.25, -0.2) is 0 Å². The molecule has 0 aliphatic rings. The highest BCUT2D eigenvalue weighted by molar-refractivity contribution is 5.52. The molecule has 1 unspecified atom stereocenters. The first-order valence-corrected chi connectivity index (χ1v) is 7.21. The van der Waals surface area contributed by atoms with Crippen molar-refractivity contribution in [1.82, 2.24) is 4.90 Å². The van der Waals surface area contributed by atoms with Crippen molar-refractivity contribution in [3.8, 4) is 0 Å². The zero-order chi connectivity index (χ0) is 16.3. The molecule has 21 heavy (non-hydrogen) atoms. The second kappa shape index (κ2) is 10.5. The second-order valence-corrected chi connectivity index (χ2v) is 5.93. The number of carbonyl (C=O) groups is 1. The molecule has 0 fully saturated rings. The third-order valence-corrected chi connectivity index (χ3v) is 3.04. The molecule has 0 aromatic heterocycles. The van der Waals surface area contributed by atoms with Gasteiger partial charge in [0.05, 0.1) is 18.8 Å². The summed E-state index contributed by atoms with van der Waals surface area (Å²) in [5, 5.41) is 9.05. The minimum Gasteiger partial charge on any atom is -0.395 e. The van der Waals surface area contributed by atoms with Crippen molar-refractivity contribution in [3.05, 3.63) is 35.9 Å². The largest absolute Gasteiger partial charge is 0.395 e. The van der Waals surface area contributed by atoms with Gasteiger partial charge >= 0.3 is 0 Å². The van der Waals surface area contributed by atoms with Gasteiger partial charge < -0.3 is 14.6 Å². The van der Waals surface area contributed by atoms with Gasteiger partial charge in [0.15, 0.2) is 0 Å². The molecule has 1 aromatic carbocycles. The van der Waals surface area contributed by atoms with Gasteiger partial charge in [-0.3, -0.25) is 4.90 Å². The monoisotopic (exact) mass is 295 g/mol. The van der Waals surface area contributed by atoms with Crippen molar-refractivity contribution in [2.75, 3.05) is 20.3 Å². The predicted octanol–water partition coefficient (Wildman–Crippen LogP) is 2.50. The van der Waals surface area contributed by atoms with Crippen molar-refractivity contribution < 1.29 is 14.6 Å². The highest BCUT2D eigenvalue weighted by atomic mass is 16.5. The lowest BCUT2D eigenvalue weighted by Gasteiger charge is -2.25. The van der Waals surface area contributed by atoms with Crippen LogP contribution in [0.1, 0.15) is 33.3 Å². The first-order valence-electron chi connectivity index (χ1n) is 7.21. The van der Waals surface area contributed by atoms with Crippen molar-refractivity contribution >= 4 is 6.29 Å². The molecule has 1 N–H and O–H groups in total. The molecule has 0 spiro atoms. The smallest absolute Gasteiger partial charge is 0.134 e. The number of hydrogen-bond donors (Lipinski definition) is 1. The molecule has 1 atom stereocenters. The Labute approximate surface area is 128 Å². The molecule has 0 saturated heterocycles. The lowest BCUT2D eigenvalue weighted by Crippen LogP contribution is -2.36. The van der Waals surface area contributed by atoms with E-state index in [9.17, 15) is 4.79 Å². The minimum absolute atomic E-state index is 0.00964. The number of nitrogens with zero attached hydrogens (tertiary/aromatic N) is 1. The van der Waals surface area contributed by atoms with E-state index in [4.69, 9.17) is 9.84 Å². The molecule has 0 aliphatic carbocycles. The van der Waals surface area contributed by atoms with Crippen LogP contribution in [0.4, 0.5) is 0 Å². The van der Waals surface area contributed by atoms with Crippen LogP contribution in [0.15, 0.2) is 30.3 Å². The Balaban J connectivity index is 0.000000567. The van der Waals surface area contributed by atoms with Crippen molar-refractivity contribution in [2.24, 2.45) is 0 Å². The number of benzene rings is 1. The first kappa shape index (κ1) is 19.8.